The van der Waals surface area contributed by atoms with Crippen LogP contribution < -0.4 is 27.0 Å². The van der Waals surface area contributed by atoms with Gasteiger partial charge in [-0.1, -0.05) is 48.5 Å². The summed E-state index contributed by atoms with van der Waals surface area (Å²) < 4.78 is 0. The van der Waals surface area contributed by atoms with E-state index < -0.39 is 60.3 Å². The molecule has 0 saturated carbocycles. The van der Waals surface area contributed by atoms with Crippen molar-refractivity contribution in [3.05, 3.63) is 71.9 Å². The first-order valence-corrected chi connectivity index (χ1v) is 12.8. The molecule has 40 heavy (non-hydrogen) atoms. The maximum atomic E-state index is 13.1. The molecule has 0 aliphatic carbocycles. The summed E-state index contributed by atoms with van der Waals surface area (Å²) in [4.78, 5) is 64.9. The Morgan fingerprint density at radius 1 is 0.825 bits per heavy atom. The lowest BCUT2D eigenvalue weighted by molar-refractivity contribution is -0.141. The van der Waals surface area contributed by atoms with E-state index >= 15 is 0 Å². The highest BCUT2D eigenvalue weighted by atomic mass is 16.4. The molecule has 0 fully saturated rings. The number of rotatable bonds is 13. The van der Waals surface area contributed by atoms with Gasteiger partial charge in [0.15, 0.2) is 0 Å². The Morgan fingerprint density at radius 2 is 1.50 bits per heavy atom. The second kappa shape index (κ2) is 13.9. The van der Waals surface area contributed by atoms with E-state index in [-0.39, 0.29) is 12.8 Å². The zero-order valence-corrected chi connectivity index (χ0v) is 22.3. The monoisotopic (exact) mass is 550 g/mol. The highest BCUT2D eigenvalue weighted by molar-refractivity contribution is 5.95. The molecule has 8 N–H and O–H groups in total. The van der Waals surface area contributed by atoms with Gasteiger partial charge in [-0.25, -0.2) is 0 Å². The van der Waals surface area contributed by atoms with Gasteiger partial charge in [0.1, 0.15) is 18.1 Å². The van der Waals surface area contributed by atoms with Gasteiger partial charge in [0.05, 0.1) is 12.6 Å². The lowest BCUT2D eigenvalue weighted by Gasteiger charge is -2.22. The maximum Gasteiger partial charge on any atom is 0.325 e. The van der Waals surface area contributed by atoms with Gasteiger partial charge >= 0.3 is 5.97 Å². The van der Waals surface area contributed by atoms with Gasteiger partial charge in [-0.2, -0.15) is 0 Å². The summed E-state index contributed by atoms with van der Waals surface area (Å²) in [5, 5.41) is 19.7. The summed E-state index contributed by atoms with van der Waals surface area (Å²) >= 11 is 0. The minimum atomic E-state index is -1.22. The molecular formula is C28H34N6O6. The zero-order valence-electron chi connectivity index (χ0n) is 22.3. The fourth-order valence-electron chi connectivity index (χ4n) is 4.02. The van der Waals surface area contributed by atoms with Crippen LogP contribution in [0.25, 0.3) is 10.9 Å². The van der Waals surface area contributed by atoms with E-state index in [1.54, 1.807) is 6.20 Å². The van der Waals surface area contributed by atoms with Crippen molar-refractivity contribution in [2.75, 3.05) is 6.54 Å². The third-order valence-corrected chi connectivity index (χ3v) is 6.29. The van der Waals surface area contributed by atoms with Crippen molar-refractivity contribution < 1.29 is 29.1 Å². The van der Waals surface area contributed by atoms with Gasteiger partial charge in [-0.05, 0) is 37.5 Å². The molecule has 4 atom stereocenters. The number of aromatic nitrogens is 1. The quantitative estimate of drug-likeness (QED) is 0.155. The van der Waals surface area contributed by atoms with Crippen LogP contribution in [0, 0.1) is 0 Å². The van der Waals surface area contributed by atoms with Crippen molar-refractivity contribution in [1.29, 1.82) is 0 Å². The van der Waals surface area contributed by atoms with Crippen molar-refractivity contribution in [1.82, 2.24) is 26.3 Å². The summed E-state index contributed by atoms with van der Waals surface area (Å²) in [7, 11) is 0. The smallest absolute Gasteiger partial charge is 0.325 e. The summed E-state index contributed by atoms with van der Waals surface area (Å²) in [5.74, 6) is -3.72. The van der Waals surface area contributed by atoms with Crippen LogP contribution in [0.4, 0.5) is 0 Å². The number of carbonyl (C=O) groups is 5. The van der Waals surface area contributed by atoms with E-state index in [0.717, 1.165) is 22.0 Å². The normalized spacial score (nSPS) is 13.9. The van der Waals surface area contributed by atoms with E-state index in [9.17, 15) is 24.0 Å². The number of carboxylic acid groups (broad SMARTS) is 1. The standard InChI is InChI=1S/C28H34N6O6/c1-16(33-26(37)21(29)12-18-8-4-3-5-9-18)25(36)34-23(13-19-14-30-22-11-7-6-10-20(19)22)27(38)31-15-24(35)32-17(2)28(39)40/h3-11,14,16-17,21,23,30H,12-13,15,29H2,1-2H3,(H,31,38)(H,32,35)(H,33,37)(H,34,36)(H,39,40). The van der Waals surface area contributed by atoms with Gasteiger partial charge in [0.2, 0.25) is 23.6 Å². The molecule has 0 saturated heterocycles. The number of hydrogen-bond donors (Lipinski definition) is 7. The Morgan fingerprint density at radius 3 is 2.20 bits per heavy atom. The minimum absolute atomic E-state index is 0.0862. The van der Waals surface area contributed by atoms with Gasteiger partial charge in [-0.15, -0.1) is 0 Å². The van der Waals surface area contributed by atoms with Crippen LogP contribution in [-0.4, -0.2) is 70.4 Å². The van der Waals surface area contributed by atoms with E-state index in [4.69, 9.17) is 10.8 Å². The summed E-state index contributed by atoms with van der Waals surface area (Å²) in [6, 6.07) is 12.5. The number of aliphatic carboxylic acids is 1. The Labute approximate surface area is 231 Å². The second-order valence-corrected chi connectivity index (χ2v) is 9.50. The number of benzene rings is 2. The molecule has 1 aromatic heterocycles. The van der Waals surface area contributed by atoms with Crippen LogP contribution in [0.2, 0.25) is 0 Å². The molecule has 0 aliphatic rings. The Kier molecular flexibility index (Phi) is 10.4. The van der Waals surface area contributed by atoms with Crippen LogP contribution in [0.3, 0.4) is 0 Å². The van der Waals surface area contributed by atoms with Crippen LogP contribution in [0.5, 0.6) is 0 Å². The summed E-state index contributed by atoms with van der Waals surface area (Å²) in [5.41, 5.74) is 8.50. The number of nitrogens with two attached hydrogens (primary N) is 1. The third-order valence-electron chi connectivity index (χ3n) is 6.29. The summed E-state index contributed by atoms with van der Waals surface area (Å²) in [6.07, 6.45) is 2.10. The number of hydrogen-bond acceptors (Lipinski definition) is 6. The molecule has 3 rings (SSSR count). The number of carbonyl (C=O) groups excluding carboxylic acids is 4. The van der Waals surface area contributed by atoms with Gasteiger partial charge in [-0.3, -0.25) is 24.0 Å². The molecule has 0 spiro atoms. The van der Waals surface area contributed by atoms with Crippen LogP contribution in [0.1, 0.15) is 25.0 Å². The first kappa shape index (κ1) is 29.8. The molecule has 212 valence electrons. The fourth-order valence-corrected chi connectivity index (χ4v) is 4.02. The van der Waals surface area contributed by atoms with Crippen molar-refractivity contribution in [3.8, 4) is 0 Å². The van der Waals surface area contributed by atoms with Crippen LogP contribution >= 0.6 is 0 Å². The van der Waals surface area contributed by atoms with E-state index in [2.05, 4.69) is 26.3 Å². The molecule has 0 radical (unpaired) electrons. The molecule has 12 nitrogen and oxygen atoms in total. The number of H-pyrrole nitrogens is 1. The first-order chi connectivity index (χ1) is 19.0. The van der Waals surface area contributed by atoms with E-state index in [1.165, 1.54) is 13.8 Å². The molecule has 2 aromatic carbocycles. The van der Waals surface area contributed by atoms with Crippen molar-refractivity contribution >= 4 is 40.5 Å². The van der Waals surface area contributed by atoms with Crippen molar-refractivity contribution in [2.45, 2.75) is 50.9 Å². The van der Waals surface area contributed by atoms with Crippen LogP contribution in [-0.2, 0) is 36.8 Å². The average molecular weight is 551 g/mol. The van der Waals surface area contributed by atoms with Crippen molar-refractivity contribution in [3.63, 3.8) is 0 Å². The largest absolute Gasteiger partial charge is 0.480 e. The summed E-state index contributed by atoms with van der Waals surface area (Å²) in [6.45, 7) is 2.28. The molecule has 12 heteroatoms. The number of carboxylic acids is 1. The topological polar surface area (TPSA) is 196 Å². The molecule has 3 aromatic rings. The molecule has 4 amide bonds. The third kappa shape index (κ3) is 8.40. The number of nitrogens with one attached hydrogen (secondary N) is 5. The molecule has 0 aliphatic heterocycles. The molecule has 1 heterocycles. The van der Waals surface area contributed by atoms with Gasteiger partial charge < -0.3 is 37.1 Å². The maximum absolute atomic E-state index is 13.1. The van der Waals surface area contributed by atoms with Crippen LogP contribution in [0.15, 0.2) is 60.8 Å². The van der Waals surface area contributed by atoms with E-state index in [0.29, 0.717) is 0 Å². The van der Waals surface area contributed by atoms with Gasteiger partial charge in [0, 0.05) is 23.5 Å². The predicted molar refractivity (Wildman–Crippen MR) is 148 cm³/mol. The zero-order chi connectivity index (χ0) is 29.2. The molecule has 0 bridgehead atoms. The van der Waals surface area contributed by atoms with Crippen molar-refractivity contribution in [2.24, 2.45) is 5.73 Å². The minimum Gasteiger partial charge on any atom is -0.480 e. The number of fused-ring (bicyclic) bond motifs is 1. The first-order valence-electron chi connectivity index (χ1n) is 12.8. The molecule has 4 unspecified atom stereocenters. The van der Waals surface area contributed by atoms with Gasteiger partial charge in [0.25, 0.3) is 0 Å². The Hall–Kier alpha value is -4.71. The lowest BCUT2D eigenvalue weighted by atomic mass is 10.0. The lowest BCUT2D eigenvalue weighted by Crippen LogP contribution is -2.56. The highest BCUT2D eigenvalue weighted by Crippen LogP contribution is 2.19. The predicted octanol–water partition coefficient (Wildman–Crippen LogP) is -0.0246. The second-order valence-electron chi connectivity index (χ2n) is 9.50. The SMILES string of the molecule is CC(NC(=O)CNC(=O)C(Cc1c[nH]c2ccccc12)NC(=O)C(C)NC(=O)C(N)Cc1ccccc1)C(=O)O. The molecular weight excluding hydrogens is 516 g/mol. The highest BCUT2D eigenvalue weighted by Gasteiger charge is 2.27. The fraction of sp³-hybridized carbons (Fsp3) is 0.321. The Bertz CT molecular complexity index is 1360. The number of amides is 4. The number of aromatic amines is 1. The Balaban J connectivity index is 1.66. The number of para-hydroxylation sites is 1. The average Bonchev–Trinajstić information content (AvgIpc) is 3.34. The van der Waals surface area contributed by atoms with E-state index in [1.807, 2.05) is 54.6 Å².